The zero-order valence-corrected chi connectivity index (χ0v) is 4.60. The average molecular weight is 102 g/mol. The second-order valence-corrected chi connectivity index (χ2v) is 3.04. The topological polar surface area (TPSA) is 24.4 Å². The Balaban J connectivity index is 2.68. The Bertz CT molecular complexity index is 103. The van der Waals surface area contributed by atoms with Gasteiger partial charge in [0.25, 0.3) is 0 Å². The SMILES string of the molecule is C[PH]1=CNC=N1. The fraction of sp³-hybridized carbons (Fsp3) is 0.333. The standard InChI is InChI=1S/C3H7N2P/c1-6-3-4-2-5-6/h2-3,6H,1H3,(H,4,5). The number of hydrogen-bond acceptors (Lipinski definition) is 2. The van der Waals surface area contributed by atoms with Gasteiger partial charge in [-0.3, -0.25) is 4.76 Å². The normalized spacial score (nSPS) is 29.2. The van der Waals surface area contributed by atoms with Crippen LogP contribution in [0.4, 0.5) is 0 Å². The predicted molar refractivity (Wildman–Crippen MR) is 31.9 cm³/mol. The molecule has 0 bridgehead atoms. The molecule has 0 spiro atoms. The summed E-state index contributed by atoms with van der Waals surface area (Å²) in [5, 5.41) is 2.90. The molecule has 1 heterocycles. The van der Waals surface area contributed by atoms with Crippen LogP contribution in [0.5, 0.6) is 0 Å². The first-order chi connectivity index (χ1) is 2.89. The van der Waals surface area contributed by atoms with Crippen molar-refractivity contribution in [3.05, 3.63) is 0 Å². The summed E-state index contributed by atoms with van der Waals surface area (Å²) < 4.78 is 4.05. The van der Waals surface area contributed by atoms with Crippen LogP contribution in [-0.2, 0) is 0 Å². The monoisotopic (exact) mass is 102 g/mol. The molecule has 0 aromatic heterocycles. The van der Waals surface area contributed by atoms with E-state index < -0.39 is 7.70 Å². The molecule has 1 rings (SSSR count). The van der Waals surface area contributed by atoms with Gasteiger partial charge in [-0.15, -0.1) is 0 Å². The number of nitrogens with zero attached hydrogens (tertiary/aromatic N) is 1. The van der Waals surface area contributed by atoms with Crippen LogP contribution in [0.15, 0.2) is 4.76 Å². The largest absolute Gasteiger partial charge is 0.351 e. The van der Waals surface area contributed by atoms with E-state index in [-0.39, 0.29) is 0 Å². The fourth-order valence-electron chi connectivity index (χ4n) is 0.334. The first-order valence-corrected chi connectivity index (χ1v) is 3.87. The van der Waals surface area contributed by atoms with Gasteiger partial charge >= 0.3 is 0 Å². The molecule has 0 amide bonds. The third kappa shape index (κ3) is 0.631. The van der Waals surface area contributed by atoms with E-state index in [4.69, 9.17) is 0 Å². The van der Waals surface area contributed by atoms with Crippen molar-refractivity contribution in [3.63, 3.8) is 0 Å². The maximum absolute atomic E-state index is 4.05. The summed E-state index contributed by atoms with van der Waals surface area (Å²) in [5.41, 5.74) is 0. The van der Waals surface area contributed by atoms with Crippen molar-refractivity contribution >= 4 is 20.0 Å². The second-order valence-electron chi connectivity index (χ2n) is 1.21. The van der Waals surface area contributed by atoms with Crippen LogP contribution in [0.3, 0.4) is 0 Å². The summed E-state index contributed by atoms with van der Waals surface area (Å²) in [6, 6.07) is 0. The van der Waals surface area contributed by atoms with Crippen LogP contribution in [0.25, 0.3) is 0 Å². The van der Waals surface area contributed by atoms with Gasteiger partial charge in [-0.1, -0.05) is 0 Å². The molecule has 3 heteroatoms. The molecule has 34 valence electrons. The Morgan fingerprint density at radius 2 is 2.67 bits per heavy atom. The second kappa shape index (κ2) is 1.48. The molecule has 1 unspecified atom stereocenters. The van der Waals surface area contributed by atoms with Crippen LogP contribution < -0.4 is 5.32 Å². The minimum absolute atomic E-state index is 0.424. The summed E-state index contributed by atoms with van der Waals surface area (Å²) >= 11 is 0. The highest BCUT2D eigenvalue weighted by Crippen LogP contribution is 2.16. The quantitative estimate of drug-likeness (QED) is 0.432. The molecule has 0 aliphatic carbocycles. The molecule has 0 saturated carbocycles. The van der Waals surface area contributed by atoms with Crippen LogP contribution in [-0.4, -0.2) is 18.9 Å². The van der Waals surface area contributed by atoms with Crippen molar-refractivity contribution in [2.45, 2.75) is 0 Å². The van der Waals surface area contributed by atoms with Gasteiger partial charge in [-0.05, 0) is 6.66 Å². The molecule has 0 aromatic carbocycles. The van der Waals surface area contributed by atoms with E-state index in [0.717, 1.165) is 0 Å². The maximum atomic E-state index is 4.05. The Morgan fingerprint density at radius 1 is 1.83 bits per heavy atom. The first kappa shape index (κ1) is 3.94. The van der Waals surface area contributed by atoms with E-state index in [1.54, 1.807) is 6.34 Å². The zero-order valence-electron chi connectivity index (χ0n) is 3.60. The maximum Gasteiger partial charge on any atom is 0.0903 e. The molecule has 6 heavy (non-hydrogen) atoms. The van der Waals surface area contributed by atoms with Crippen LogP contribution in [0.2, 0.25) is 0 Å². The summed E-state index contributed by atoms with van der Waals surface area (Å²) in [6.07, 6.45) is 1.74. The highest BCUT2D eigenvalue weighted by molar-refractivity contribution is 7.55. The minimum Gasteiger partial charge on any atom is -0.351 e. The third-order valence-corrected chi connectivity index (χ3v) is 1.76. The lowest BCUT2D eigenvalue weighted by Gasteiger charge is -1.74. The highest BCUT2D eigenvalue weighted by atomic mass is 31.1. The van der Waals surface area contributed by atoms with Crippen LogP contribution in [0, 0.1) is 0 Å². The van der Waals surface area contributed by atoms with Crippen LogP contribution in [0.1, 0.15) is 0 Å². The van der Waals surface area contributed by atoms with E-state index in [1.807, 2.05) is 5.92 Å². The summed E-state index contributed by atoms with van der Waals surface area (Å²) in [4.78, 5) is 0. The molecule has 1 N–H and O–H groups in total. The van der Waals surface area contributed by atoms with Gasteiger partial charge in [0.1, 0.15) is 0 Å². The zero-order chi connectivity index (χ0) is 4.41. The van der Waals surface area contributed by atoms with E-state index in [9.17, 15) is 0 Å². The van der Waals surface area contributed by atoms with Crippen molar-refractivity contribution < 1.29 is 0 Å². The minimum atomic E-state index is -0.424. The van der Waals surface area contributed by atoms with Crippen molar-refractivity contribution in [1.82, 2.24) is 5.32 Å². The molecule has 0 radical (unpaired) electrons. The number of nitrogens with one attached hydrogen (secondary N) is 1. The van der Waals surface area contributed by atoms with E-state index in [2.05, 4.69) is 16.7 Å². The van der Waals surface area contributed by atoms with Gasteiger partial charge in [0.15, 0.2) is 0 Å². The van der Waals surface area contributed by atoms with Gasteiger partial charge < -0.3 is 5.32 Å². The number of rotatable bonds is 0. The van der Waals surface area contributed by atoms with Gasteiger partial charge in [-0.25, -0.2) is 0 Å². The van der Waals surface area contributed by atoms with E-state index in [1.165, 1.54) is 0 Å². The fourth-order valence-corrected chi connectivity index (χ4v) is 1.00. The smallest absolute Gasteiger partial charge is 0.0903 e. The first-order valence-electron chi connectivity index (χ1n) is 1.85. The lowest BCUT2D eigenvalue weighted by Crippen LogP contribution is -1.99. The van der Waals surface area contributed by atoms with Crippen molar-refractivity contribution in [2.75, 3.05) is 6.66 Å². The van der Waals surface area contributed by atoms with Crippen molar-refractivity contribution in [2.24, 2.45) is 4.76 Å². The molecule has 0 aromatic rings. The van der Waals surface area contributed by atoms with Gasteiger partial charge in [0.2, 0.25) is 0 Å². The van der Waals surface area contributed by atoms with E-state index in [0.29, 0.717) is 0 Å². The lowest BCUT2D eigenvalue weighted by molar-refractivity contribution is 1.54. The number of hydrogen-bond donors (Lipinski definition) is 1. The Morgan fingerprint density at radius 3 is 2.83 bits per heavy atom. The van der Waals surface area contributed by atoms with Crippen molar-refractivity contribution in [3.8, 4) is 0 Å². The molecular weight excluding hydrogens is 95.0 g/mol. The summed E-state index contributed by atoms with van der Waals surface area (Å²) in [6.45, 7) is 2.13. The lowest BCUT2D eigenvalue weighted by atomic mass is 11.2. The van der Waals surface area contributed by atoms with Gasteiger partial charge in [-0.2, -0.15) is 0 Å². The molecule has 2 nitrogen and oxygen atoms in total. The van der Waals surface area contributed by atoms with E-state index >= 15 is 0 Å². The molecule has 0 fully saturated rings. The highest BCUT2D eigenvalue weighted by Gasteiger charge is 1.81. The Hall–Kier alpha value is -0.230. The molecule has 1 atom stereocenters. The average Bonchev–Trinajstić information content (AvgIpc) is 1.86. The third-order valence-electron chi connectivity index (χ3n) is 0.635. The van der Waals surface area contributed by atoms with Crippen molar-refractivity contribution in [1.29, 1.82) is 0 Å². The molecular formula is C3H7N2P. The Labute approximate surface area is 37.7 Å². The predicted octanol–water partition coefficient (Wildman–Crippen LogP) is 0.137. The molecule has 1 aliphatic rings. The summed E-state index contributed by atoms with van der Waals surface area (Å²) in [7, 11) is -0.424. The summed E-state index contributed by atoms with van der Waals surface area (Å²) in [5.74, 6) is 2.03. The van der Waals surface area contributed by atoms with Gasteiger partial charge in [0, 0.05) is 13.6 Å². The Kier molecular flexibility index (Phi) is 0.972. The van der Waals surface area contributed by atoms with Crippen LogP contribution >= 0.6 is 7.70 Å². The molecule has 1 aliphatic heterocycles. The van der Waals surface area contributed by atoms with Gasteiger partial charge in [0.05, 0.1) is 6.34 Å². The molecule has 0 saturated heterocycles.